The van der Waals surface area contributed by atoms with Gasteiger partial charge in [0.2, 0.25) is 0 Å². The van der Waals surface area contributed by atoms with Crippen LogP contribution in [0.1, 0.15) is 48.2 Å². The van der Waals surface area contributed by atoms with Crippen LogP contribution in [0.4, 0.5) is 6.01 Å². The van der Waals surface area contributed by atoms with Crippen LogP contribution in [0.25, 0.3) is 11.1 Å². The average Bonchev–Trinajstić information content (AvgIpc) is 3.76. The second-order valence-corrected chi connectivity index (χ2v) is 13.8. The molecule has 4 aromatic rings. The summed E-state index contributed by atoms with van der Waals surface area (Å²) < 4.78 is 23.6. The second kappa shape index (κ2) is 14.7. The lowest BCUT2D eigenvalue weighted by Gasteiger charge is -2.31. The molecule has 7 rings (SSSR count). The Labute approximate surface area is 285 Å². The summed E-state index contributed by atoms with van der Waals surface area (Å²) in [5.41, 5.74) is 6.50. The topological polar surface area (TPSA) is 135 Å². The first-order chi connectivity index (χ1) is 23.8. The number of ether oxygens (including phenoxy) is 3. The summed E-state index contributed by atoms with van der Waals surface area (Å²) in [6.07, 6.45) is 0.0358. The van der Waals surface area contributed by atoms with Crippen LogP contribution in [0.2, 0.25) is 0 Å². The minimum atomic E-state index is -0.968. The Balaban J connectivity index is 1.07. The van der Waals surface area contributed by atoms with Gasteiger partial charge in [-0.05, 0) is 56.0 Å². The quantitative estimate of drug-likeness (QED) is 0.125. The molecule has 258 valence electrons. The number of aromatic nitrogens is 1. The number of hydrogen-bond acceptors (Lipinski definition) is 10. The molecule has 49 heavy (non-hydrogen) atoms. The molecule has 3 aliphatic rings. The first-order valence-electron chi connectivity index (χ1n) is 17.2. The molecule has 2 bridgehead atoms. The number of aliphatic hydroxyl groups is 1. The van der Waals surface area contributed by atoms with Gasteiger partial charge in [0.1, 0.15) is 11.6 Å². The van der Waals surface area contributed by atoms with Crippen LogP contribution >= 0.6 is 0 Å². The number of hydrazine groups is 1. The maximum absolute atomic E-state index is 13.6. The monoisotopic (exact) mass is 668 g/mol. The molecule has 2 saturated heterocycles. The number of benzene rings is 3. The van der Waals surface area contributed by atoms with Gasteiger partial charge in [-0.1, -0.05) is 60.7 Å². The van der Waals surface area contributed by atoms with E-state index in [1.807, 2.05) is 74.5 Å². The summed E-state index contributed by atoms with van der Waals surface area (Å²) in [6.45, 7) is 5.47. The number of aliphatic hydroxyl groups excluding tert-OH is 1. The summed E-state index contributed by atoms with van der Waals surface area (Å²) in [6, 6.07) is 25.2. The van der Waals surface area contributed by atoms with Crippen LogP contribution in [-0.2, 0) is 32.0 Å². The predicted molar refractivity (Wildman–Crippen MR) is 182 cm³/mol. The van der Waals surface area contributed by atoms with Crippen molar-refractivity contribution in [1.29, 1.82) is 0 Å². The molecule has 11 heteroatoms. The summed E-state index contributed by atoms with van der Waals surface area (Å²) in [7, 11) is 0. The number of fused-ring (bicyclic) bond motifs is 2. The van der Waals surface area contributed by atoms with Gasteiger partial charge >= 0.3 is 5.97 Å². The van der Waals surface area contributed by atoms with Gasteiger partial charge in [0.05, 0.1) is 25.7 Å². The molecule has 1 aromatic heterocycles. The van der Waals surface area contributed by atoms with Crippen LogP contribution in [0.15, 0.2) is 83.3 Å². The molecule has 3 aromatic carbocycles. The lowest BCUT2D eigenvalue weighted by molar-refractivity contribution is -0.178. The Morgan fingerprint density at radius 1 is 0.980 bits per heavy atom. The average molecular weight is 669 g/mol. The van der Waals surface area contributed by atoms with Crippen molar-refractivity contribution in [2.75, 3.05) is 25.1 Å². The van der Waals surface area contributed by atoms with Crippen molar-refractivity contribution in [1.82, 2.24) is 15.4 Å². The smallest absolute Gasteiger partial charge is 0.306 e. The lowest BCUT2D eigenvalue weighted by Crippen LogP contribution is -2.47. The fraction of sp³-hybridized carbons (Fsp3) is 0.447. The maximum atomic E-state index is 13.6. The number of esters is 1. The number of carbonyl (C=O) groups is 2. The van der Waals surface area contributed by atoms with Crippen LogP contribution in [0.3, 0.4) is 0 Å². The standard InChI is InChI=1S/C38H44N4O7/c1-23(2)39-38-40-31-17-26(13-14-33(31)48-38)36(45)41-42(19-25-11-7-4-8-12-25)20-32(43)27(15-24-9-5-3-6-10-24)18-34(44)49-35-28-16-29-30(35)22-47-37(29)46-21-28/h3-14,17,23,27-30,32,35,37,43H,15-16,18-22H2,1-2H3,(H,39,40)(H,41,45)/t27-,28-,29?,30?,32-,35?,37?/m1/s1. The number of carbonyl (C=O) groups excluding carboxylic acids is 2. The second-order valence-electron chi connectivity index (χ2n) is 13.8. The van der Waals surface area contributed by atoms with Crippen LogP contribution in [0.5, 0.6) is 0 Å². The van der Waals surface area contributed by atoms with Gasteiger partial charge in [-0.2, -0.15) is 4.98 Å². The van der Waals surface area contributed by atoms with E-state index in [9.17, 15) is 14.7 Å². The van der Waals surface area contributed by atoms with E-state index >= 15 is 0 Å². The van der Waals surface area contributed by atoms with Gasteiger partial charge in [-0.3, -0.25) is 15.0 Å². The Bertz CT molecular complexity index is 1730. The van der Waals surface area contributed by atoms with E-state index in [0.717, 1.165) is 17.5 Å². The van der Waals surface area contributed by atoms with Gasteiger partial charge in [-0.25, -0.2) is 5.01 Å². The van der Waals surface area contributed by atoms with Gasteiger partial charge in [0.15, 0.2) is 11.9 Å². The van der Waals surface area contributed by atoms with E-state index in [0.29, 0.717) is 48.9 Å². The third kappa shape index (κ3) is 7.80. The molecule has 1 saturated carbocycles. The fourth-order valence-electron chi connectivity index (χ4n) is 7.44. The van der Waals surface area contributed by atoms with Crippen molar-refractivity contribution in [2.45, 2.75) is 64.2 Å². The molecule has 3 fully saturated rings. The predicted octanol–water partition coefficient (Wildman–Crippen LogP) is 4.96. The highest BCUT2D eigenvalue weighted by Crippen LogP contribution is 2.49. The fourth-order valence-corrected chi connectivity index (χ4v) is 7.44. The zero-order valence-electron chi connectivity index (χ0n) is 27.9. The molecule has 11 nitrogen and oxygen atoms in total. The molecule has 3 heterocycles. The van der Waals surface area contributed by atoms with Crippen molar-refractivity contribution in [2.24, 2.45) is 23.7 Å². The SMILES string of the molecule is CC(C)Nc1nc2cc(C(=O)NN(Cc3ccccc3)C[C@@H](O)[C@@H](CC(=O)OC3C4COC5OC[C@H]3CC54)Cc3ccccc3)ccc2o1. The van der Waals surface area contributed by atoms with E-state index in [-0.39, 0.29) is 61.0 Å². The summed E-state index contributed by atoms with van der Waals surface area (Å²) in [5.74, 6) is -0.578. The minimum absolute atomic E-state index is 0.0322. The van der Waals surface area contributed by atoms with Crippen molar-refractivity contribution in [3.63, 3.8) is 0 Å². The molecule has 1 amide bonds. The van der Waals surface area contributed by atoms with Gasteiger partial charge < -0.3 is 29.1 Å². The van der Waals surface area contributed by atoms with Gasteiger partial charge in [0, 0.05) is 48.4 Å². The molecule has 2 aliphatic heterocycles. The van der Waals surface area contributed by atoms with Crippen LogP contribution in [0, 0.1) is 23.7 Å². The molecular formula is C38H44N4O7. The first-order valence-corrected chi connectivity index (χ1v) is 17.2. The molecule has 0 radical (unpaired) electrons. The third-order valence-electron chi connectivity index (χ3n) is 9.82. The highest BCUT2D eigenvalue weighted by molar-refractivity contribution is 5.97. The Hall–Kier alpha value is -4.29. The maximum Gasteiger partial charge on any atom is 0.306 e. The van der Waals surface area contributed by atoms with E-state index in [2.05, 4.69) is 15.7 Å². The third-order valence-corrected chi connectivity index (χ3v) is 9.82. The number of rotatable bonds is 14. The van der Waals surface area contributed by atoms with Crippen molar-refractivity contribution in [3.05, 3.63) is 95.6 Å². The Kier molecular flexibility index (Phi) is 9.95. The zero-order chi connectivity index (χ0) is 33.9. The van der Waals surface area contributed by atoms with E-state index in [4.69, 9.17) is 18.6 Å². The van der Waals surface area contributed by atoms with E-state index < -0.39 is 12.0 Å². The number of nitrogens with one attached hydrogen (secondary N) is 2. The number of amides is 1. The van der Waals surface area contributed by atoms with Crippen molar-refractivity contribution >= 4 is 29.0 Å². The lowest BCUT2D eigenvalue weighted by atomic mass is 9.90. The zero-order valence-corrected chi connectivity index (χ0v) is 27.9. The van der Waals surface area contributed by atoms with Crippen LogP contribution < -0.4 is 10.7 Å². The summed E-state index contributed by atoms with van der Waals surface area (Å²) in [4.78, 5) is 31.7. The molecule has 0 spiro atoms. The summed E-state index contributed by atoms with van der Waals surface area (Å²) >= 11 is 0. The van der Waals surface area contributed by atoms with E-state index in [1.54, 1.807) is 23.2 Å². The highest BCUT2D eigenvalue weighted by Gasteiger charge is 2.56. The largest absolute Gasteiger partial charge is 0.462 e. The van der Waals surface area contributed by atoms with E-state index in [1.165, 1.54) is 0 Å². The highest BCUT2D eigenvalue weighted by atomic mass is 16.7. The molecule has 3 N–H and O–H groups in total. The van der Waals surface area contributed by atoms with Gasteiger partial charge in [0.25, 0.3) is 11.9 Å². The molecule has 1 aliphatic carbocycles. The number of nitrogens with zero attached hydrogens (tertiary/aromatic N) is 2. The number of hydrogen-bond donors (Lipinski definition) is 3. The van der Waals surface area contributed by atoms with Gasteiger partial charge in [-0.15, -0.1) is 0 Å². The summed E-state index contributed by atoms with van der Waals surface area (Å²) in [5, 5.41) is 16.7. The molecular weight excluding hydrogens is 624 g/mol. The Morgan fingerprint density at radius 3 is 2.47 bits per heavy atom. The normalized spacial score (nSPS) is 23.9. The first kappa shape index (κ1) is 33.2. The molecule has 4 unspecified atom stereocenters. The number of oxazole rings is 1. The Morgan fingerprint density at radius 2 is 1.71 bits per heavy atom. The van der Waals surface area contributed by atoms with Crippen molar-refractivity contribution in [3.8, 4) is 0 Å². The van der Waals surface area contributed by atoms with Crippen LogP contribution in [-0.4, -0.2) is 71.3 Å². The van der Waals surface area contributed by atoms with Crippen molar-refractivity contribution < 1.29 is 33.3 Å². The number of anilines is 1. The minimum Gasteiger partial charge on any atom is -0.462 e. The molecule has 7 atom stereocenters.